The summed E-state index contributed by atoms with van der Waals surface area (Å²) < 4.78 is 11.6. The molecule has 5 aliphatic rings. The molecule has 1 unspecified atom stereocenters. The van der Waals surface area contributed by atoms with Gasteiger partial charge in [0.2, 0.25) is 5.91 Å². The number of hydrogen-bond acceptors (Lipinski definition) is 7. The van der Waals surface area contributed by atoms with Crippen molar-refractivity contribution in [1.29, 1.82) is 0 Å². The quantitative estimate of drug-likeness (QED) is 0.553. The number of phenols is 1. The van der Waals surface area contributed by atoms with E-state index in [4.69, 9.17) is 9.47 Å². The molecule has 2 heterocycles. The first-order chi connectivity index (χ1) is 17.4. The molecule has 36 heavy (non-hydrogen) atoms. The molecule has 0 aromatic heterocycles. The summed E-state index contributed by atoms with van der Waals surface area (Å²) in [6.45, 7) is 1.67. The van der Waals surface area contributed by atoms with Crippen molar-refractivity contribution in [3.63, 3.8) is 0 Å². The van der Waals surface area contributed by atoms with Gasteiger partial charge >= 0.3 is 0 Å². The van der Waals surface area contributed by atoms with E-state index in [0.717, 1.165) is 24.2 Å². The second-order valence-electron chi connectivity index (χ2n) is 11.1. The molecule has 3 N–H and O–H groups in total. The standard InChI is InChI=1S/C28H30N2O6/c1-35-20-5-3-2-4-18(20)29-26(33)17-13-28(34)21-12-16-8-9-19(31)24-22(16)27(28,25(36-24)23(17)32)10-11-30(21)14-15-6-7-15/h2-5,8-9,15,17,21,25,31,34H,6-7,10-14H2,1H3,(H,29,33)/t17?,21-,25+,27+,28-/m1/s1. The number of hydrogen-bond donors (Lipinski definition) is 3. The van der Waals surface area contributed by atoms with E-state index in [2.05, 4.69) is 10.2 Å². The minimum atomic E-state index is -1.34. The van der Waals surface area contributed by atoms with E-state index >= 15 is 0 Å². The van der Waals surface area contributed by atoms with Crippen molar-refractivity contribution in [2.24, 2.45) is 11.8 Å². The van der Waals surface area contributed by atoms with Crippen molar-refractivity contribution in [3.05, 3.63) is 47.5 Å². The average molecular weight is 491 g/mol. The zero-order valence-corrected chi connectivity index (χ0v) is 20.2. The molecule has 3 aliphatic carbocycles. The van der Waals surface area contributed by atoms with E-state index in [9.17, 15) is 19.8 Å². The van der Waals surface area contributed by atoms with Crippen molar-refractivity contribution in [1.82, 2.24) is 4.90 Å². The maximum Gasteiger partial charge on any atom is 0.235 e. The minimum absolute atomic E-state index is 0.0209. The second kappa shape index (κ2) is 7.46. The number of Topliss-reactive ketones (excluding diaryl/α,β-unsaturated/α-hetero) is 1. The van der Waals surface area contributed by atoms with Crippen LogP contribution in [0.15, 0.2) is 36.4 Å². The maximum absolute atomic E-state index is 13.9. The van der Waals surface area contributed by atoms with Gasteiger partial charge in [-0.05, 0) is 68.3 Å². The molecular formula is C28H30N2O6. The second-order valence-corrected chi connectivity index (χ2v) is 11.1. The van der Waals surface area contributed by atoms with Crippen LogP contribution in [-0.4, -0.2) is 64.7 Å². The number of aromatic hydroxyl groups is 1. The van der Waals surface area contributed by atoms with E-state index in [1.54, 1.807) is 30.3 Å². The predicted molar refractivity (Wildman–Crippen MR) is 130 cm³/mol. The van der Waals surface area contributed by atoms with E-state index in [0.29, 0.717) is 35.9 Å². The number of ketones is 1. The number of benzene rings is 2. The van der Waals surface area contributed by atoms with Crippen molar-refractivity contribution < 1.29 is 29.3 Å². The van der Waals surface area contributed by atoms with Gasteiger partial charge < -0.3 is 25.0 Å². The number of ether oxygens (including phenoxy) is 2. The smallest absolute Gasteiger partial charge is 0.235 e. The summed E-state index contributed by atoms with van der Waals surface area (Å²) in [5, 5.41) is 26.2. The zero-order valence-electron chi connectivity index (χ0n) is 20.2. The third-order valence-corrected chi connectivity index (χ3v) is 9.31. The van der Waals surface area contributed by atoms with Gasteiger partial charge in [-0.15, -0.1) is 0 Å². The molecule has 2 saturated carbocycles. The third kappa shape index (κ3) is 2.77. The molecular weight excluding hydrogens is 460 g/mol. The fraction of sp³-hybridized carbons (Fsp3) is 0.500. The Balaban J connectivity index is 1.32. The summed E-state index contributed by atoms with van der Waals surface area (Å²) in [6, 6.07) is 10.3. The van der Waals surface area contributed by atoms with Crippen LogP contribution in [0, 0.1) is 11.8 Å². The number of carbonyl (C=O) groups is 2. The van der Waals surface area contributed by atoms with Crippen LogP contribution in [0.4, 0.5) is 5.69 Å². The third-order valence-electron chi connectivity index (χ3n) is 9.31. The van der Waals surface area contributed by atoms with Crippen LogP contribution >= 0.6 is 0 Å². The highest BCUT2D eigenvalue weighted by Gasteiger charge is 2.75. The van der Waals surface area contributed by atoms with Gasteiger partial charge in [-0.25, -0.2) is 0 Å². The predicted octanol–water partition coefficient (Wildman–Crippen LogP) is 2.40. The number of para-hydroxylation sites is 2. The van der Waals surface area contributed by atoms with Gasteiger partial charge in [0.1, 0.15) is 11.7 Å². The lowest BCUT2D eigenvalue weighted by Gasteiger charge is -2.63. The molecule has 3 fully saturated rings. The Bertz CT molecular complexity index is 1290. The van der Waals surface area contributed by atoms with Crippen molar-refractivity contribution in [3.8, 4) is 17.2 Å². The van der Waals surface area contributed by atoms with Gasteiger partial charge in [0.05, 0.1) is 23.8 Å². The number of anilines is 1. The average Bonchev–Trinajstić information content (AvgIpc) is 3.61. The number of methoxy groups -OCH3 is 1. The van der Waals surface area contributed by atoms with Gasteiger partial charge in [0.15, 0.2) is 23.4 Å². The normalized spacial score (nSPS) is 34.1. The summed E-state index contributed by atoms with van der Waals surface area (Å²) >= 11 is 0. The topological polar surface area (TPSA) is 108 Å². The molecule has 1 saturated heterocycles. The molecule has 188 valence electrons. The largest absolute Gasteiger partial charge is 0.504 e. The highest BCUT2D eigenvalue weighted by Crippen LogP contribution is 2.65. The molecule has 2 bridgehead atoms. The molecule has 1 amide bonds. The number of amides is 1. The molecule has 8 heteroatoms. The lowest BCUT2D eigenvalue weighted by molar-refractivity contribution is -0.197. The van der Waals surface area contributed by atoms with E-state index in [1.807, 2.05) is 6.07 Å². The van der Waals surface area contributed by atoms with Crippen LogP contribution in [0.25, 0.3) is 0 Å². The van der Waals surface area contributed by atoms with Crippen LogP contribution in [0.3, 0.4) is 0 Å². The molecule has 2 aromatic carbocycles. The minimum Gasteiger partial charge on any atom is -0.504 e. The van der Waals surface area contributed by atoms with E-state index in [1.165, 1.54) is 20.0 Å². The highest BCUT2D eigenvalue weighted by molar-refractivity contribution is 6.11. The number of carbonyl (C=O) groups excluding carboxylic acids is 2. The number of rotatable bonds is 5. The summed E-state index contributed by atoms with van der Waals surface area (Å²) in [4.78, 5) is 29.9. The summed E-state index contributed by atoms with van der Waals surface area (Å²) in [5.41, 5.74) is -0.0372. The van der Waals surface area contributed by atoms with Crippen molar-refractivity contribution >= 4 is 17.4 Å². The molecule has 0 radical (unpaired) electrons. The molecule has 8 nitrogen and oxygen atoms in total. The summed E-state index contributed by atoms with van der Waals surface area (Å²) in [6.07, 6.45) is 2.56. The van der Waals surface area contributed by atoms with Gasteiger partial charge in [0, 0.05) is 18.2 Å². The zero-order chi connectivity index (χ0) is 24.8. The van der Waals surface area contributed by atoms with Gasteiger partial charge in [-0.3, -0.25) is 14.5 Å². The molecule has 1 spiro atoms. The van der Waals surface area contributed by atoms with Crippen LogP contribution in [-0.2, 0) is 21.4 Å². The highest BCUT2D eigenvalue weighted by atomic mass is 16.5. The first kappa shape index (κ1) is 22.1. The van der Waals surface area contributed by atoms with Crippen LogP contribution in [0.2, 0.25) is 0 Å². The van der Waals surface area contributed by atoms with Crippen molar-refractivity contribution in [2.75, 3.05) is 25.5 Å². The fourth-order valence-electron chi connectivity index (χ4n) is 7.49. The Hall–Kier alpha value is -3.10. The molecule has 2 aromatic rings. The Morgan fingerprint density at radius 2 is 2.06 bits per heavy atom. The Labute approximate surface area is 209 Å². The molecule has 2 aliphatic heterocycles. The molecule has 7 rings (SSSR count). The van der Waals surface area contributed by atoms with Gasteiger partial charge in [-0.2, -0.15) is 0 Å². The monoisotopic (exact) mass is 490 g/mol. The number of nitrogens with zero attached hydrogens (tertiary/aromatic N) is 1. The van der Waals surface area contributed by atoms with E-state index in [-0.39, 0.29) is 24.0 Å². The first-order valence-electron chi connectivity index (χ1n) is 12.8. The Kier molecular flexibility index (Phi) is 4.58. The van der Waals surface area contributed by atoms with Crippen LogP contribution < -0.4 is 14.8 Å². The first-order valence-corrected chi connectivity index (χ1v) is 12.8. The maximum atomic E-state index is 13.9. The molecule has 5 atom stereocenters. The number of aliphatic hydroxyl groups is 1. The van der Waals surface area contributed by atoms with Gasteiger partial charge in [-0.1, -0.05) is 18.2 Å². The van der Waals surface area contributed by atoms with E-state index < -0.39 is 28.9 Å². The Morgan fingerprint density at radius 3 is 2.83 bits per heavy atom. The number of phenolic OH excluding ortho intramolecular Hbond substituents is 1. The van der Waals surface area contributed by atoms with Crippen LogP contribution in [0.1, 0.15) is 36.8 Å². The van der Waals surface area contributed by atoms with Gasteiger partial charge in [0.25, 0.3) is 0 Å². The summed E-state index contributed by atoms with van der Waals surface area (Å²) in [5.74, 6) is -0.498. The number of likely N-dealkylation sites (tertiary alicyclic amines) is 1. The van der Waals surface area contributed by atoms with Crippen LogP contribution in [0.5, 0.6) is 17.2 Å². The summed E-state index contributed by atoms with van der Waals surface area (Å²) in [7, 11) is 1.52. The fourth-order valence-corrected chi connectivity index (χ4v) is 7.49. The number of piperidine rings is 1. The lowest BCUT2D eigenvalue weighted by Crippen LogP contribution is -2.78. The SMILES string of the molecule is COc1ccccc1NC(=O)C1C[C@@]2(O)[C@H]3Cc4ccc(O)c5c4[C@@]2(CCN3CC2CC2)[C@@H](O5)C1=O. The van der Waals surface area contributed by atoms with Crippen molar-refractivity contribution in [2.45, 2.75) is 55.3 Å². The lowest BCUT2D eigenvalue weighted by atomic mass is 9.47. The Morgan fingerprint density at radius 1 is 1.25 bits per heavy atom. The number of nitrogens with one attached hydrogen (secondary N) is 1.